The van der Waals surface area contributed by atoms with E-state index in [0.717, 1.165) is 36.3 Å². The number of likely N-dealkylation sites (N-methyl/N-ethyl adjacent to an activating group) is 1. The summed E-state index contributed by atoms with van der Waals surface area (Å²) in [6, 6.07) is 15.5. The standard InChI is InChI=1S/C21H24N2O3/c1-22-20(24)12-15-2-4-17(5-3-15)18-6-8-19(9-7-18)21(25)23-13-16-10-11-26-14-16/h2-9,16H,10-14H2,1H3,(H,22,24)(H,23,25)/t16-/m1/s1. The van der Waals surface area contributed by atoms with Crippen LogP contribution in [0.4, 0.5) is 0 Å². The van der Waals surface area contributed by atoms with E-state index in [1.807, 2.05) is 48.5 Å². The SMILES string of the molecule is CNC(=O)Cc1ccc(-c2ccc(C(=O)NC[C@H]3CCOC3)cc2)cc1. The molecule has 2 aromatic carbocycles. The van der Waals surface area contributed by atoms with E-state index < -0.39 is 0 Å². The zero-order valence-electron chi connectivity index (χ0n) is 15.0. The number of carbonyl (C=O) groups excluding carboxylic acids is 2. The zero-order valence-corrected chi connectivity index (χ0v) is 15.0. The predicted molar refractivity (Wildman–Crippen MR) is 101 cm³/mol. The molecule has 0 aromatic heterocycles. The van der Waals surface area contributed by atoms with Crippen molar-refractivity contribution in [2.24, 2.45) is 5.92 Å². The summed E-state index contributed by atoms with van der Waals surface area (Å²) < 4.78 is 5.32. The number of amides is 2. The molecule has 0 saturated carbocycles. The highest BCUT2D eigenvalue weighted by Crippen LogP contribution is 2.21. The van der Waals surface area contributed by atoms with Gasteiger partial charge in [-0.25, -0.2) is 0 Å². The van der Waals surface area contributed by atoms with Crippen molar-refractivity contribution in [1.82, 2.24) is 10.6 Å². The van der Waals surface area contributed by atoms with Gasteiger partial charge in [-0.1, -0.05) is 36.4 Å². The van der Waals surface area contributed by atoms with Crippen LogP contribution in [0.2, 0.25) is 0 Å². The Labute approximate surface area is 153 Å². The third kappa shape index (κ3) is 4.70. The second kappa shape index (κ2) is 8.63. The second-order valence-electron chi connectivity index (χ2n) is 6.56. The van der Waals surface area contributed by atoms with Gasteiger partial charge in [0.05, 0.1) is 13.0 Å². The van der Waals surface area contributed by atoms with Crippen molar-refractivity contribution >= 4 is 11.8 Å². The third-order valence-corrected chi connectivity index (χ3v) is 4.65. The van der Waals surface area contributed by atoms with E-state index in [4.69, 9.17) is 4.74 Å². The lowest BCUT2D eigenvalue weighted by molar-refractivity contribution is -0.119. The fraction of sp³-hybridized carbons (Fsp3) is 0.333. The molecule has 0 unspecified atom stereocenters. The van der Waals surface area contributed by atoms with Gasteiger partial charge in [0.1, 0.15) is 0 Å². The van der Waals surface area contributed by atoms with E-state index in [1.54, 1.807) is 7.05 Å². The van der Waals surface area contributed by atoms with Crippen molar-refractivity contribution in [3.63, 3.8) is 0 Å². The Morgan fingerprint density at radius 2 is 1.69 bits per heavy atom. The Morgan fingerprint density at radius 1 is 1.04 bits per heavy atom. The molecule has 1 aliphatic rings. The molecule has 2 N–H and O–H groups in total. The highest BCUT2D eigenvalue weighted by Gasteiger charge is 2.16. The molecule has 1 saturated heterocycles. The Balaban J connectivity index is 1.59. The molecule has 0 spiro atoms. The van der Waals surface area contributed by atoms with Gasteiger partial charge in [-0.2, -0.15) is 0 Å². The van der Waals surface area contributed by atoms with Gasteiger partial charge in [0, 0.05) is 31.7 Å². The molecule has 0 radical (unpaired) electrons. The second-order valence-corrected chi connectivity index (χ2v) is 6.56. The van der Waals surface area contributed by atoms with Gasteiger partial charge in [-0.15, -0.1) is 0 Å². The Morgan fingerprint density at radius 3 is 2.27 bits per heavy atom. The van der Waals surface area contributed by atoms with Crippen molar-refractivity contribution in [2.45, 2.75) is 12.8 Å². The number of hydrogen-bond acceptors (Lipinski definition) is 3. The molecule has 1 heterocycles. The van der Waals surface area contributed by atoms with E-state index in [9.17, 15) is 9.59 Å². The smallest absolute Gasteiger partial charge is 0.251 e. The maximum atomic E-state index is 12.2. The molecule has 1 fully saturated rings. The monoisotopic (exact) mass is 352 g/mol. The molecule has 1 atom stereocenters. The van der Waals surface area contributed by atoms with E-state index >= 15 is 0 Å². The number of ether oxygens (including phenoxy) is 1. The predicted octanol–water partition coefficient (Wildman–Crippen LogP) is 2.41. The highest BCUT2D eigenvalue weighted by atomic mass is 16.5. The maximum Gasteiger partial charge on any atom is 0.251 e. The summed E-state index contributed by atoms with van der Waals surface area (Å²) in [7, 11) is 1.63. The summed E-state index contributed by atoms with van der Waals surface area (Å²) in [6.07, 6.45) is 1.39. The number of nitrogens with one attached hydrogen (secondary N) is 2. The highest BCUT2D eigenvalue weighted by molar-refractivity contribution is 5.94. The Kier molecular flexibility index (Phi) is 6.02. The van der Waals surface area contributed by atoms with Gasteiger partial charge in [0.25, 0.3) is 5.91 Å². The quantitative estimate of drug-likeness (QED) is 0.839. The number of benzene rings is 2. The van der Waals surface area contributed by atoms with Crippen LogP contribution < -0.4 is 10.6 Å². The summed E-state index contributed by atoms with van der Waals surface area (Å²) in [5, 5.41) is 5.60. The normalized spacial score (nSPS) is 16.3. The van der Waals surface area contributed by atoms with Crippen molar-refractivity contribution in [3.05, 3.63) is 59.7 Å². The summed E-state index contributed by atoms with van der Waals surface area (Å²) >= 11 is 0. The van der Waals surface area contributed by atoms with Crippen LogP contribution in [0.5, 0.6) is 0 Å². The van der Waals surface area contributed by atoms with Crippen LogP contribution in [0, 0.1) is 5.92 Å². The molecule has 5 heteroatoms. The lowest BCUT2D eigenvalue weighted by atomic mass is 10.0. The number of hydrogen-bond donors (Lipinski definition) is 2. The number of carbonyl (C=O) groups is 2. The van der Waals surface area contributed by atoms with E-state index in [2.05, 4.69) is 10.6 Å². The van der Waals surface area contributed by atoms with Crippen molar-refractivity contribution in [1.29, 1.82) is 0 Å². The summed E-state index contributed by atoms with van der Waals surface area (Å²) in [6.45, 7) is 2.18. The first-order chi connectivity index (χ1) is 12.7. The first kappa shape index (κ1) is 18.1. The largest absolute Gasteiger partial charge is 0.381 e. The van der Waals surface area contributed by atoms with Crippen molar-refractivity contribution < 1.29 is 14.3 Å². The minimum atomic E-state index is -0.0515. The topological polar surface area (TPSA) is 67.4 Å². The lowest BCUT2D eigenvalue weighted by Gasteiger charge is -2.10. The van der Waals surface area contributed by atoms with Gasteiger partial charge in [-0.05, 0) is 35.2 Å². The Bertz CT molecular complexity index is 748. The van der Waals surface area contributed by atoms with E-state index in [-0.39, 0.29) is 11.8 Å². The molecule has 2 amide bonds. The van der Waals surface area contributed by atoms with E-state index in [1.165, 1.54) is 0 Å². The molecular weight excluding hydrogens is 328 g/mol. The summed E-state index contributed by atoms with van der Waals surface area (Å²) in [5.74, 6) is 0.369. The third-order valence-electron chi connectivity index (χ3n) is 4.65. The molecule has 1 aliphatic heterocycles. The molecule has 0 bridgehead atoms. The average Bonchev–Trinajstić information content (AvgIpc) is 3.20. The fourth-order valence-electron chi connectivity index (χ4n) is 2.99. The average molecular weight is 352 g/mol. The minimum absolute atomic E-state index is 0.00252. The minimum Gasteiger partial charge on any atom is -0.381 e. The Hall–Kier alpha value is -2.66. The molecule has 5 nitrogen and oxygen atoms in total. The van der Waals surface area contributed by atoms with Crippen LogP contribution in [0.15, 0.2) is 48.5 Å². The maximum absolute atomic E-state index is 12.2. The zero-order chi connectivity index (χ0) is 18.4. The molecule has 26 heavy (non-hydrogen) atoms. The van der Waals surface area contributed by atoms with Gasteiger partial charge in [0.15, 0.2) is 0 Å². The van der Waals surface area contributed by atoms with E-state index in [0.29, 0.717) is 24.4 Å². The fourth-order valence-corrected chi connectivity index (χ4v) is 2.99. The van der Waals surface area contributed by atoms with Crippen LogP contribution in [0.25, 0.3) is 11.1 Å². The molecule has 136 valence electrons. The first-order valence-electron chi connectivity index (χ1n) is 8.91. The summed E-state index contributed by atoms with van der Waals surface area (Å²) in [5.41, 5.74) is 3.72. The molecule has 0 aliphatic carbocycles. The van der Waals surface area contributed by atoms with Crippen molar-refractivity contribution in [3.8, 4) is 11.1 Å². The van der Waals surface area contributed by atoms with Gasteiger partial charge < -0.3 is 15.4 Å². The van der Waals surface area contributed by atoms with Gasteiger partial charge >= 0.3 is 0 Å². The van der Waals surface area contributed by atoms with Crippen LogP contribution in [0.3, 0.4) is 0 Å². The first-order valence-corrected chi connectivity index (χ1v) is 8.91. The lowest BCUT2D eigenvalue weighted by Crippen LogP contribution is -2.29. The van der Waals surface area contributed by atoms with Crippen LogP contribution in [-0.2, 0) is 16.0 Å². The van der Waals surface area contributed by atoms with Crippen molar-refractivity contribution in [2.75, 3.05) is 26.8 Å². The van der Waals surface area contributed by atoms with Crippen LogP contribution in [0.1, 0.15) is 22.3 Å². The van der Waals surface area contributed by atoms with Gasteiger partial charge in [-0.3, -0.25) is 9.59 Å². The molecule has 3 rings (SSSR count). The van der Waals surface area contributed by atoms with Gasteiger partial charge in [0.2, 0.25) is 5.91 Å². The van der Waals surface area contributed by atoms with Crippen LogP contribution in [-0.4, -0.2) is 38.6 Å². The van der Waals surface area contributed by atoms with Crippen LogP contribution >= 0.6 is 0 Å². The molecule has 2 aromatic rings. The number of rotatable bonds is 6. The summed E-state index contributed by atoms with van der Waals surface area (Å²) in [4.78, 5) is 23.7. The molecular formula is C21H24N2O3.